The largest absolute Gasteiger partial charge is 0.390 e. The summed E-state index contributed by atoms with van der Waals surface area (Å²) >= 11 is 1.62. The molecule has 1 aromatic heterocycles. The first kappa shape index (κ1) is 15.7. The molecule has 0 radical (unpaired) electrons. The van der Waals surface area contributed by atoms with E-state index in [1.807, 2.05) is 36.7 Å². The van der Waals surface area contributed by atoms with Crippen LogP contribution in [-0.4, -0.2) is 34.7 Å². The number of carbonyl (C=O) groups is 1. The first-order valence-corrected chi connectivity index (χ1v) is 9.22. The van der Waals surface area contributed by atoms with Gasteiger partial charge in [0.15, 0.2) is 0 Å². The summed E-state index contributed by atoms with van der Waals surface area (Å²) in [7, 11) is 0. The SMILES string of the molecule is Cc1ncsc1-c1ccc(C2(NC(=O)C3CCCN3)CC2O)cc1. The minimum Gasteiger partial charge on any atom is -0.390 e. The Kier molecular flexibility index (Phi) is 3.90. The van der Waals surface area contributed by atoms with E-state index < -0.39 is 11.6 Å². The van der Waals surface area contributed by atoms with E-state index in [0.29, 0.717) is 6.42 Å². The molecule has 6 heteroatoms. The molecule has 1 aliphatic carbocycles. The number of aliphatic hydroxyl groups excluding tert-OH is 1. The van der Waals surface area contributed by atoms with Crippen molar-refractivity contribution in [3.8, 4) is 10.4 Å². The van der Waals surface area contributed by atoms with Gasteiger partial charge < -0.3 is 15.7 Å². The molecule has 2 heterocycles. The highest BCUT2D eigenvalue weighted by Crippen LogP contribution is 2.46. The van der Waals surface area contributed by atoms with Crippen molar-refractivity contribution < 1.29 is 9.90 Å². The molecular formula is C18H21N3O2S. The second kappa shape index (κ2) is 5.95. The van der Waals surface area contributed by atoms with Crippen molar-refractivity contribution in [2.24, 2.45) is 0 Å². The topological polar surface area (TPSA) is 74.2 Å². The fraction of sp³-hybridized carbons (Fsp3) is 0.444. The molecule has 126 valence electrons. The van der Waals surface area contributed by atoms with E-state index in [0.717, 1.165) is 41.1 Å². The van der Waals surface area contributed by atoms with Crippen LogP contribution in [-0.2, 0) is 10.3 Å². The van der Waals surface area contributed by atoms with Gasteiger partial charge in [-0.05, 0) is 37.4 Å². The van der Waals surface area contributed by atoms with Crippen molar-refractivity contribution in [3.05, 3.63) is 41.0 Å². The van der Waals surface area contributed by atoms with E-state index in [4.69, 9.17) is 0 Å². The van der Waals surface area contributed by atoms with Gasteiger partial charge in [-0.2, -0.15) is 0 Å². The Hall–Kier alpha value is -1.76. The van der Waals surface area contributed by atoms with Crippen molar-refractivity contribution in [2.45, 2.75) is 43.9 Å². The number of rotatable bonds is 4. The number of hydrogen-bond donors (Lipinski definition) is 3. The maximum Gasteiger partial charge on any atom is 0.237 e. The van der Waals surface area contributed by atoms with Gasteiger partial charge in [-0.15, -0.1) is 11.3 Å². The average Bonchev–Trinajstić information content (AvgIpc) is 3.02. The molecule has 1 aromatic carbocycles. The molecule has 0 spiro atoms. The zero-order valence-electron chi connectivity index (χ0n) is 13.6. The molecule has 0 bridgehead atoms. The van der Waals surface area contributed by atoms with Gasteiger partial charge in [-0.3, -0.25) is 4.79 Å². The zero-order chi connectivity index (χ0) is 16.7. The van der Waals surface area contributed by atoms with Crippen LogP contribution in [0.3, 0.4) is 0 Å². The number of carbonyl (C=O) groups excluding carboxylic acids is 1. The molecule has 1 aliphatic heterocycles. The lowest BCUT2D eigenvalue weighted by molar-refractivity contribution is -0.124. The third-order valence-corrected chi connectivity index (χ3v) is 6.03. The van der Waals surface area contributed by atoms with Gasteiger partial charge in [-0.25, -0.2) is 4.98 Å². The van der Waals surface area contributed by atoms with E-state index in [1.165, 1.54) is 0 Å². The number of nitrogens with one attached hydrogen (secondary N) is 2. The summed E-state index contributed by atoms with van der Waals surface area (Å²) in [6.07, 6.45) is 1.95. The van der Waals surface area contributed by atoms with E-state index in [-0.39, 0.29) is 11.9 Å². The Balaban J connectivity index is 1.55. The van der Waals surface area contributed by atoms with Gasteiger partial charge in [-0.1, -0.05) is 24.3 Å². The summed E-state index contributed by atoms with van der Waals surface area (Å²) in [5, 5.41) is 16.5. The summed E-state index contributed by atoms with van der Waals surface area (Å²) in [5.74, 6) is -0.00794. The van der Waals surface area contributed by atoms with E-state index in [9.17, 15) is 9.90 Å². The number of aromatic nitrogens is 1. The molecule has 24 heavy (non-hydrogen) atoms. The van der Waals surface area contributed by atoms with Gasteiger partial charge in [0.05, 0.1) is 33.8 Å². The van der Waals surface area contributed by atoms with Crippen LogP contribution in [0.5, 0.6) is 0 Å². The third kappa shape index (κ3) is 2.64. The molecule has 2 fully saturated rings. The van der Waals surface area contributed by atoms with E-state index in [1.54, 1.807) is 11.3 Å². The molecule has 3 atom stereocenters. The first-order valence-electron chi connectivity index (χ1n) is 8.34. The lowest BCUT2D eigenvalue weighted by Gasteiger charge is -2.21. The number of hydrogen-bond acceptors (Lipinski definition) is 5. The Labute approximate surface area is 145 Å². The maximum absolute atomic E-state index is 12.4. The maximum atomic E-state index is 12.4. The molecule has 1 amide bonds. The molecule has 1 saturated carbocycles. The number of amides is 1. The van der Waals surface area contributed by atoms with Gasteiger partial charge in [0, 0.05) is 6.42 Å². The van der Waals surface area contributed by atoms with Gasteiger partial charge in [0.25, 0.3) is 0 Å². The Morgan fingerprint density at radius 2 is 2.17 bits per heavy atom. The fourth-order valence-electron chi connectivity index (χ4n) is 3.48. The lowest BCUT2D eigenvalue weighted by Crippen LogP contribution is -2.46. The molecular weight excluding hydrogens is 322 g/mol. The Morgan fingerprint density at radius 3 is 2.71 bits per heavy atom. The number of aryl methyl sites for hydroxylation is 1. The minimum atomic E-state index is -0.622. The van der Waals surface area contributed by atoms with Crippen molar-refractivity contribution >= 4 is 17.2 Å². The van der Waals surface area contributed by atoms with Crippen molar-refractivity contribution in [2.75, 3.05) is 6.54 Å². The van der Waals surface area contributed by atoms with Crippen molar-refractivity contribution in [1.82, 2.24) is 15.6 Å². The highest BCUT2D eigenvalue weighted by molar-refractivity contribution is 7.13. The van der Waals surface area contributed by atoms with E-state index >= 15 is 0 Å². The number of aliphatic hydroxyl groups is 1. The predicted octanol–water partition coefficient (Wildman–Crippen LogP) is 1.95. The number of benzene rings is 1. The standard InChI is InChI=1S/C18H21N3O2S/c1-11-16(24-10-20-11)12-4-6-13(7-5-12)18(9-15(18)22)21-17(23)14-3-2-8-19-14/h4-7,10,14-15,19,22H,2-3,8-9H2,1H3,(H,21,23). The van der Waals surface area contributed by atoms with Crippen LogP contribution in [0.4, 0.5) is 0 Å². The Morgan fingerprint density at radius 1 is 1.42 bits per heavy atom. The monoisotopic (exact) mass is 343 g/mol. The first-order chi connectivity index (χ1) is 11.6. The smallest absolute Gasteiger partial charge is 0.237 e. The summed E-state index contributed by atoms with van der Waals surface area (Å²) in [5.41, 5.74) is 4.33. The molecule has 5 nitrogen and oxygen atoms in total. The highest BCUT2D eigenvalue weighted by Gasteiger charge is 2.56. The fourth-order valence-corrected chi connectivity index (χ4v) is 4.29. The molecule has 2 aromatic rings. The normalized spacial score (nSPS) is 28.8. The van der Waals surface area contributed by atoms with Crippen molar-refractivity contribution in [1.29, 1.82) is 0 Å². The molecule has 4 rings (SSSR count). The molecule has 1 saturated heterocycles. The van der Waals surface area contributed by atoms with Crippen LogP contribution < -0.4 is 10.6 Å². The zero-order valence-corrected chi connectivity index (χ0v) is 14.4. The highest BCUT2D eigenvalue weighted by atomic mass is 32.1. The number of nitrogens with zero attached hydrogens (tertiary/aromatic N) is 1. The van der Waals surface area contributed by atoms with Crippen LogP contribution in [0, 0.1) is 6.92 Å². The third-order valence-electron chi connectivity index (χ3n) is 5.05. The number of thiazole rings is 1. The van der Waals surface area contributed by atoms with Crippen LogP contribution >= 0.6 is 11.3 Å². The van der Waals surface area contributed by atoms with Crippen LogP contribution in [0.1, 0.15) is 30.5 Å². The van der Waals surface area contributed by atoms with Crippen LogP contribution in [0.2, 0.25) is 0 Å². The lowest BCUT2D eigenvalue weighted by atomic mass is 10.0. The van der Waals surface area contributed by atoms with Crippen LogP contribution in [0.25, 0.3) is 10.4 Å². The van der Waals surface area contributed by atoms with E-state index in [2.05, 4.69) is 15.6 Å². The van der Waals surface area contributed by atoms with Crippen molar-refractivity contribution in [3.63, 3.8) is 0 Å². The molecule has 3 unspecified atom stereocenters. The quantitative estimate of drug-likeness (QED) is 0.793. The summed E-state index contributed by atoms with van der Waals surface area (Å²) in [6.45, 7) is 2.89. The van der Waals surface area contributed by atoms with Gasteiger partial charge in [0.2, 0.25) is 5.91 Å². The summed E-state index contributed by atoms with van der Waals surface area (Å²) in [4.78, 5) is 17.9. The molecule has 3 N–H and O–H groups in total. The minimum absolute atomic E-state index is 0.00794. The van der Waals surface area contributed by atoms with Crippen LogP contribution in [0.15, 0.2) is 29.8 Å². The second-order valence-corrected chi connectivity index (χ2v) is 7.53. The predicted molar refractivity (Wildman–Crippen MR) is 93.8 cm³/mol. The van der Waals surface area contributed by atoms with Gasteiger partial charge >= 0.3 is 0 Å². The average molecular weight is 343 g/mol. The summed E-state index contributed by atoms with van der Waals surface area (Å²) in [6, 6.07) is 7.97. The van der Waals surface area contributed by atoms with Gasteiger partial charge in [0.1, 0.15) is 0 Å². The molecule has 2 aliphatic rings. The Bertz CT molecular complexity index is 752. The summed E-state index contributed by atoms with van der Waals surface area (Å²) < 4.78 is 0. The second-order valence-electron chi connectivity index (χ2n) is 6.67.